The average Bonchev–Trinajstić information content (AvgIpc) is 3.55. The van der Waals surface area contributed by atoms with Gasteiger partial charge in [-0.2, -0.15) is 0 Å². The second kappa shape index (κ2) is 8.64. The Labute approximate surface area is 199 Å². The maximum absolute atomic E-state index is 5.03. The lowest BCUT2D eigenvalue weighted by atomic mass is 10.2. The van der Waals surface area contributed by atoms with Gasteiger partial charge in [-0.15, -0.1) is 21.5 Å². The highest BCUT2D eigenvalue weighted by molar-refractivity contribution is 7.99. The van der Waals surface area contributed by atoms with Crippen LogP contribution in [-0.4, -0.2) is 34.7 Å². The molecule has 0 N–H and O–H groups in total. The largest absolute Gasteiger partial charge is 0.302 e. The van der Waals surface area contributed by atoms with E-state index < -0.39 is 0 Å². The molecule has 7 nitrogen and oxygen atoms in total. The highest BCUT2D eigenvalue weighted by atomic mass is 32.2. The SMILES string of the molecule is CCCn1c(Sc2nc(-c3cccnc3)nc3sc4c(c23)CCC4)nnc1-c1ccncc1. The molecule has 1 aliphatic carbocycles. The van der Waals surface area contributed by atoms with Gasteiger partial charge in [0.2, 0.25) is 0 Å². The fourth-order valence-corrected chi connectivity index (χ4v) is 6.57. The molecular formula is C24H21N7S2. The summed E-state index contributed by atoms with van der Waals surface area (Å²) in [5, 5.41) is 12.1. The van der Waals surface area contributed by atoms with Crippen molar-refractivity contribution in [2.24, 2.45) is 0 Å². The average molecular weight is 472 g/mol. The van der Waals surface area contributed by atoms with E-state index in [4.69, 9.17) is 9.97 Å². The molecule has 1 aliphatic rings. The Balaban J connectivity index is 1.50. The Bertz CT molecular complexity index is 1430. The summed E-state index contributed by atoms with van der Waals surface area (Å²) in [6, 6.07) is 7.87. The van der Waals surface area contributed by atoms with E-state index in [-0.39, 0.29) is 0 Å². The number of fused-ring (bicyclic) bond motifs is 3. The first-order valence-electron chi connectivity index (χ1n) is 11.1. The standard InChI is InChI=1S/C24H21N7S2/c1-2-13-31-21(15-8-11-25-12-9-15)29-30-24(31)33-23-19-17-6-3-7-18(17)32-22(19)27-20(28-23)16-5-4-10-26-14-16/h4-5,8-12,14H,2-3,6-7,13H2,1H3. The number of hydrogen-bond acceptors (Lipinski definition) is 8. The molecule has 5 heterocycles. The van der Waals surface area contributed by atoms with Crippen LogP contribution in [0.1, 0.15) is 30.2 Å². The normalized spacial score (nSPS) is 13.0. The van der Waals surface area contributed by atoms with Gasteiger partial charge in [-0.25, -0.2) is 9.97 Å². The lowest BCUT2D eigenvalue weighted by Crippen LogP contribution is -2.02. The van der Waals surface area contributed by atoms with Crippen LogP contribution < -0.4 is 0 Å². The van der Waals surface area contributed by atoms with Gasteiger partial charge in [0.15, 0.2) is 16.8 Å². The first kappa shape index (κ1) is 20.4. The van der Waals surface area contributed by atoms with Crippen LogP contribution >= 0.6 is 23.1 Å². The van der Waals surface area contributed by atoms with Crippen molar-refractivity contribution < 1.29 is 0 Å². The van der Waals surface area contributed by atoms with Crippen LogP contribution in [0.2, 0.25) is 0 Å². The summed E-state index contributed by atoms with van der Waals surface area (Å²) in [7, 11) is 0. The molecule has 0 bridgehead atoms. The molecule has 0 spiro atoms. The minimum atomic E-state index is 0.703. The molecule has 0 atom stereocenters. The highest BCUT2D eigenvalue weighted by Crippen LogP contribution is 2.43. The smallest absolute Gasteiger partial charge is 0.197 e. The molecule has 9 heteroatoms. The maximum Gasteiger partial charge on any atom is 0.197 e. The molecule has 0 saturated heterocycles. The molecule has 0 unspecified atom stereocenters. The molecular weight excluding hydrogens is 450 g/mol. The second-order valence-electron chi connectivity index (χ2n) is 7.93. The molecule has 5 aromatic heterocycles. The molecule has 0 radical (unpaired) electrons. The van der Waals surface area contributed by atoms with Crippen molar-refractivity contribution in [1.82, 2.24) is 34.7 Å². The third-order valence-corrected chi connectivity index (χ3v) is 7.90. The molecule has 0 saturated carbocycles. The van der Waals surface area contributed by atoms with E-state index in [1.807, 2.05) is 30.5 Å². The first-order valence-corrected chi connectivity index (χ1v) is 12.7. The van der Waals surface area contributed by atoms with Crippen LogP contribution in [0.4, 0.5) is 0 Å². The summed E-state index contributed by atoms with van der Waals surface area (Å²) in [6.07, 6.45) is 11.6. The number of aryl methyl sites for hydroxylation is 2. The Morgan fingerprint density at radius 1 is 1.00 bits per heavy atom. The van der Waals surface area contributed by atoms with Crippen molar-refractivity contribution >= 4 is 33.3 Å². The monoisotopic (exact) mass is 471 g/mol. The van der Waals surface area contributed by atoms with Gasteiger partial charge in [0.25, 0.3) is 0 Å². The molecule has 0 aromatic carbocycles. The molecule has 0 amide bonds. The third-order valence-electron chi connectivity index (χ3n) is 5.74. The third kappa shape index (κ3) is 3.71. The summed E-state index contributed by atoms with van der Waals surface area (Å²) in [4.78, 5) is 20.8. The highest BCUT2D eigenvalue weighted by Gasteiger charge is 2.25. The van der Waals surface area contributed by atoms with Crippen molar-refractivity contribution in [3.8, 4) is 22.8 Å². The number of thiophene rings is 1. The van der Waals surface area contributed by atoms with Gasteiger partial charge in [-0.3, -0.25) is 9.97 Å². The van der Waals surface area contributed by atoms with Gasteiger partial charge in [-0.1, -0.05) is 6.92 Å². The molecule has 33 heavy (non-hydrogen) atoms. The van der Waals surface area contributed by atoms with Gasteiger partial charge in [0, 0.05) is 52.7 Å². The van der Waals surface area contributed by atoms with E-state index in [0.717, 1.165) is 57.8 Å². The lowest BCUT2D eigenvalue weighted by Gasteiger charge is -2.10. The van der Waals surface area contributed by atoms with Crippen LogP contribution in [0.15, 0.2) is 59.2 Å². The predicted molar refractivity (Wildman–Crippen MR) is 130 cm³/mol. The van der Waals surface area contributed by atoms with Crippen molar-refractivity contribution in [2.45, 2.75) is 49.3 Å². The van der Waals surface area contributed by atoms with Gasteiger partial charge >= 0.3 is 0 Å². The Morgan fingerprint density at radius 2 is 1.91 bits per heavy atom. The molecule has 0 fully saturated rings. The predicted octanol–water partition coefficient (Wildman–Crippen LogP) is 5.46. The maximum atomic E-state index is 5.03. The fraction of sp³-hybridized carbons (Fsp3) is 0.250. The Hall–Kier alpha value is -3.17. The van der Waals surface area contributed by atoms with Gasteiger partial charge in [-0.05, 0) is 67.3 Å². The van der Waals surface area contributed by atoms with E-state index in [1.165, 1.54) is 22.2 Å². The lowest BCUT2D eigenvalue weighted by molar-refractivity contribution is 0.626. The van der Waals surface area contributed by atoms with Crippen LogP contribution in [-0.2, 0) is 19.4 Å². The minimum Gasteiger partial charge on any atom is -0.302 e. The van der Waals surface area contributed by atoms with E-state index in [9.17, 15) is 0 Å². The van der Waals surface area contributed by atoms with Gasteiger partial charge in [0.1, 0.15) is 9.86 Å². The molecule has 6 rings (SSSR count). The van der Waals surface area contributed by atoms with Crippen LogP contribution in [0.3, 0.4) is 0 Å². The first-order chi connectivity index (χ1) is 16.3. The summed E-state index contributed by atoms with van der Waals surface area (Å²) >= 11 is 3.39. The number of rotatable bonds is 6. The van der Waals surface area contributed by atoms with Gasteiger partial charge in [0.05, 0.1) is 0 Å². The second-order valence-corrected chi connectivity index (χ2v) is 9.97. The van der Waals surface area contributed by atoms with Crippen molar-refractivity contribution in [3.63, 3.8) is 0 Å². The molecule has 164 valence electrons. The number of nitrogens with zero attached hydrogens (tertiary/aromatic N) is 7. The van der Waals surface area contributed by atoms with E-state index >= 15 is 0 Å². The van der Waals surface area contributed by atoms with Gasteiger partial charge < -0.3 is 4.57 Å². The minimum absolute atomic E-state index is 0.703. The molecule has 5 aromatic rings. The summed E-state index contributed by atoms with van der Waals surface area (Å²) < 4.78 is 2.18. The quantitative estimate of drug-likeness (QED) is 0.304. The zero-order valence-corrected chi connectivity index (χ0v) is 19.7. The van der Waals surface area contributed by atoms with E-state index in [1.54, 1.807) is 41.7 Å². The summed E-state index contributed by atoms with van der Waals surface area (Å²) in [6.45, 7) is 3.00. The van der Waals surface area contributed by atoms with Crippen molar-refractivity contribution in [3.05, 3.63) is 59.5 Å². The summed E-state index contributed by atoms with van der Waals surface area (Å²) in [5.74, 6) is 1.56. The zero-order valence-electron chi connectivity index (χ0n) is 18.1. The zero-order chi connectivity index (χ0) is 22.2. The Morgan fingerprint density at radius 3 is 2.73 bits per heavy atom. The molecule has 0 aliphatic heterocycles. The summed E-state index contributed by atoms with van der Waals surface area (Å²) in [5.41, 5.74) is 3.34. The van der Waals surface area contributed by atoms with Crippen LogP contribution in [0.25, 0.3) is 33.0 Å². The van der Waals surface area contributed by atoms with Crippen molar-refractivity contribution in [1.29, 1.82) is 0 Å². The van der Waals surface area contributed by atoms with E-state index in [0.29, 0.717) is 5.82 Å². The van der Waals surface area contributed by atoms with Crippen LogP contribution in [0, 0.1) is 0 Å². The Kier molecular flexibility index (Phi) is 5.35. The number of hydrogen-bond donors (Lipinski definition) is 0. The number of aromatic nitrogens is 7. The van der Waals surface area contributed by atoms with Crippen LogP contribution in [0.5, 0.6) is 0 Å². The topological polar surface area (TPSA) is 82.3 Å². The van der Waals surface area contributed by atoms with Crippen molar-refractivity contribution in [2.75, 3.05) is 0 Å². The van der Waals surface area contributed by atoms with E-state index in [2.05, 4.69) is 31.7 Å². The fourth-order valence-electron chi connectivity index (χ4n) is 4.25. The number of pyridine rings is 2.